The monoisotopic (exact) mass is 673 g/mol. The Bertz CT molecular complexity index is 1470. The van der Waals surface area contributed by atoms with Gasteiger partial charge in [0.05, 0.1) is 6.42 Å². The number of rotatable bonds is 8. The summed E-state index contributed by atoms with van der Waals surface area (Å²) in [6.45, 7) is 22.3. The number of benzene rings is 1. The van der Waals surface area contributed by atoms with E-state index in [1.54, 1.807) is 0 Å². The Morgan fingerprint density at radius 3 is 2.24 bits per heavy atom. The highest BCUT2D eigenvalue weighted by molar-refractivity contribution is 5.89. The maximum atomic E-state index is 12.9. The fourth-order valence-electron chi connectivity index (χ4n) is 13.2. The van der Waals surface area contributed by atoms with Crippen molar-refractivity contribution in [3.8, 4) is 0 Å². The molecule has 7 nitrogen and oxygen atoms in total. The first-order valence-corrected chi connectivity index (χ1v) is 19.2. The summed E-state index contributed by atoms with van der Waals surface area (Å²) in [6.07, 6.45) is 11.8. The number of fused-ring (bicyclic) bond motifs is 7. The normalized spacial score (nSPS) is 40.5. The number of amides is 3. The Hall–Kier alpha value is -2.83. The van der Waals surface area contributed by atoms with Crippen LogP contribution in [0.4, 0.5) is 10.5 Å². The van der Waals surface area contributed by atoms with Crippen LogP contribution in [-0.2, 0) is 14.3 Å². The van der Waals surface area contributed by atoms with Gasteiger partial charge in [0.2, 0.25) is 5.91 Å². The molecule has 1 aromatic carbocycles. The summed E-state index contributed by atoms with van der Waals surface area (Å²) in [7, 11) is 0. The Balaban J connectivity index is 1.17. The molecule has 5 saturated carbocycles. The molecule has 0 aliphatic heterocycles. The van der Waals surface area contributed by atoms with E-state index in [9.17, 15) is 14.4 Å². The molecule has 1 aromatic rings. The van der Waals surface area contributed by atoms with E-state index in [1.165, 1.54) is 56.1 Å². The van der Waals surface area contributed by atoms with Gasteiger partial charge in [0.25, 0.3) is 0 Å². The van der Waals surface area contributed by atoms with E-state index in [2.05, 4.69) is 58.8 Å². The molecule has 4 N–H and O–H groups in total. The number of carbonyl (C=O) groups is 3. The number of hydrogen-bond donors (Lipinski definition) is 3. The minimum absolute atomic E-state index is 0.0431. The molecule has 0 heterocycles. The lowest BCUT2D eigenvalue weighted by Crippen LogP contribution is -2.66. The standard InChI is InChI=1S/C42H63N3O4/c1-26-9-11-28(12-10-26)45-37(48)44-25-27(2)29-17-20-39(5)23-24-41(7)30(36(29)39)13-14-32-40(6)21-19-33(49-35(47)16-15-34(43)46)38(3,4)31(40)18-22-42(32,41)8/h9-12,29-33,36H,2,13-25H2,1,3-8H3,(H2,43,46)(H2,44,45,48)/t29-,30+,31-,32+,33-,36+,39+,40-,41+,42+/m0/s1. The van der Waals surface area contributed by atoms with Crippen LogP contribution >= 0.6 is 0 Å². The number of primary amides is 1. The SMILES string of the molecule is C=C(CNC(=O)Nc1ccc(C)cc1)[C@@H]1CC[C@]2(C)CC[C@]3(C)[C@H](CC[C@@H]4[C@@]5(C)CC[C@H](OC(=O)CCC(N)=O)C(C)(C)[C@@H]5CC[C@]43C)[C@@H]12. The minimum Gasteiger partial charge on any atom is -0.462 e. The maximum absolute atomic E-state index is 12.9. The van der Waals surface area contributed by atoms with E-state index in [-0.39, 0.29) is 52.6 Å². The molecule has 5 fully saturated rings. The van der Waals surface area contributed by atoms with Crippen LogP contribution in [0.3, 0.4) is 0 Å². The van der Waals surface area contributed by atoms with Gasteiger partial charge in [-0.3, -0.25) is 9.59 Å². The molecular weight excluding hydrogens is 610 g/mol. The first-order valence-electron chi connectivity index (χ1n) is 19.2. The molecule has 0 unspecified atom stereocenters. The van der Waals surface area contributed by atoms with E-state index in [1.807, 2.05) is 31.2 Å². The topological polar surface area (TPSA) is 111 Å². The van der Waals surface area contributed by atoms with Crippen molar-refractivity contribution >= 4 is 23.6 Å². The van der Waals surface area contributed by atoms with Crippen LogP contribution in [0.15, 0.2) is 36.4 Å². The van der Waals surface area contributed by atoms with Crippen molar-refractivity contribution in [3.63, 3.8) is 0 Å². The Morgan fingerprint density at radius 1 is 0.837 bits per heavy atom. The molecule has 0 spiro atoms. The highest BCUT2D eigenvalue weighted by Gasteiger charge is 2.70. The Morgan fingerprint density at radius 2 is 1.55 bits per heavy atom. The van der Waals surface area contributed by atoms with Gasteiger partial charge in [0, 0.05) is 24.1 Å². The number of nitrogens with two attached hydrogens (primary N) is 1. The van der Waals surface area contributed by atoms with E-state index >= 15 is 0 Å². The van der Waals surface area contributed by atoms with Gasteiger partial charge in [-0.2, -0.15) is 0 Å². The van der Waals surface area contributed by atoms with Gasteiger partial charge < -0.3 is 21.1 Å². The van der Waals surface area contributed by atoms with Gasteiger partial charge in [-0.25, -0.2) is 4.79 Å². The van der Waals surface area contributed by atoms with Crippen LogP contribution in [0, 0.1) is 63.6 Å². The Kier molecular flexibility index (Phi) is 9.35. The third-order valence-electron chi connectivity index (χ3n) is 15.9. The molecule has 0 radical (unpaired) electrons. The molecule has 49 heavy (non-hydrogen) atoms. The van der Waals surface area contributed by atoms with Gasteiger partial charge in [0.15, 0.2) is 0 Å². The molecule has 3 amide bonds. The summed E-state index contributed by atoms with van der Waals surface area (Å²) >= 11 is 0. The molecule has 10 atom stereocenters. The molecule has 270 valence electrons. The lowest BCUT2D eigenvalue weighted by Gasteiger charge is -2.73. The maximum Gasteiger partial charge on any atom is 0.319 e. The predicted molar refractivity (Wildman–Crippen MR) is 195 cm³/mol. The van der Waals surface area contributed by atoms with Crippen LogP contribution < -0.4 is 16.4 Å². The predicted octanol–water partition coefficient (Wildman–Crippen LogP) is 8.95. The molecule has 0 saturated heterocycles. The van der Waals surface area contributed by atoms with Crippen molar-refractivity contribution < 1.29 is 19.1 Å². The summed E-state index contributed by atoms with van der Waals surface area (Å²) < 4.78 is 6.09. The average Bonchev–Trinajstić information content (AvgIpc) is 3.39. The largest absolute Gasteiger partial charge is 0.462 e. The van der Waals surface area contributed by atoms with Crippen LogP contribution in [0.1, 0.15) is 124 Å². The average molecular weight is 674 g/mol. The van der Waals surface area contributed by atoms with Crippen molar-refractivity contribution in [2.24, 2.45) is 62.4 Å². The summed E-state index contributed by atoms with van der Waals surface area (Å²) in [5.74, 6) is 2.02. The van der Waals surface area contributed by atoms with Gasteiger partial charge in [-0.05, 0) is 135 Å². The molecule has 5 aliphatic carbocycles. The zero-order valence-electron chi connectivity index (χ0n) is 31.4. The van der Waals surface area contributed by atoms with Gasteiger partial charge in [-0.15, -0.1) is 0 Å². The number of urea groups is 1. The van der Waals surface area contributed by atoms with Crippen molar-refractivity contribution in [1.82, 2.24) is 5.32 Å². The van der Waals surface area contributed by atoms with Crippen molar-refractivity contribution in [2.45, 2.75) is 132 Å². The van der Waals surface area contributed by atoms with Crippen molar-refractivity contribution in [2.75, 3.05) is 11.9 Å². The fourth-order valence-corrected chi connectivity index (χ4v) is 13.2. The van der Waals surface area contributed by atoms with Crippen molar-refractivity contribution in [1.29, 1.82) is 0 Å². The second-order valence-electron chi connectivity index (χ2n) is 18.6. The Labute approximate surface area is 295 Å². The second-order valence-corrected chi connectivity index (χ2v) is 18.6. The summed E-state index contributed by atoms with van der Waals surface area (Å²) in [5.41, 5.74) is 9.33. The fraction of sp³-hybridized carbons (Fsp3) is 0.738. The molecular formula is C42H63N3O4. The van der Waals surface area contributed by atoms with Crippen molar-refractivity contribution in [3.05, 3.63) is 42.0 Å². The number of esters is 1. The van der Waals surface area contributed by atoms with E-state index in [0.29, 0.717) is 41.5 Å². The quantitative estimate of drug-likeness (QED) is 0.189. The van der Waals surface area contributed by atoms with Gasteiger partial charge >= 0.3 is 12.0 Å². The molecule has 5 aliphatic rings. The first kappa shape index (κ1) is 36.0. The smallest absolute Gasteiger partial charge is 0.319 e. The number of carbonyl (C=O) groups excluding carboxylic acids is 3. The number of hydrogen-bond acceptors (Lipinski definition) is 4. The van der Waals surface area contributed by atoms with Crippen LogP contribution in [0.5, 0.6) is 0 Å². The van der Waals surface area contributed by atoms with E-state index in [4.69, 9.17) is 10.5 Å². The third-order valence-corrected chi connectivity index (χ3v) is 15.9. The van der Waals surface area contributed by atoms with E-state index in [0.717, 1.165) is 24.9 Å². The summed E-state index contributed by atoms with van der Waals surface area (Å²) in [5, 5.41) is 6.12. The van der Waals surface area contributed by atoms with Crippen LogP contribution in [-0.4, -0.2) is 30.6 Å². The van der Waals surface area contributed by atoms with Crippen LogP contribution in [0.25, 0.3) is 0 Å². The summed E-state index contributed by atoms with van der Waals surface area (Å²) in [6, 6.07) is 7.73. The molecule has 0 bridgehead atoms. The van der Waals surface area contributed by atoms with Gasteiger partial charge in [0.1, 0.15) is 6.10 Å². The highest BCUT2D eigenvalue weighted by atomic mass is 16.5. The minimum atomic E-state index is -0.461. The lowest BCUT2D eigenvalue weighted by atomic mass is 9.32. The highest BCUT2D eigenvalue weighted by Crippen LogP contribution is 2.77. The number of nitrogens with one attached hydrogen (secondary N) is 2. The summed E-state index contributed by atoms with van der Waals surface area (Å²) in [4.78, 5) is 36.9. The molecule has 7 heteroatoms. The van der Waals surface area contributed by atoms with Crippen LogP contribution in [0.2, 0.25) is 0 Å². The van der Waals surface area contributed by atoms with Gasteiger partial charge in [-0.1, -0.05) is 71.4 Å². The third kappa shape index (κ3) is 6.03. The number of aryl methyl sites for hydroxylation is 1. The second kappa shape index (κ2) is 12.7. The number of anilines is 1. The first-order chi connectivity index (χ1) is 22.9. The number of ether oxygens (including phenoxy) is 1. The lowest BCUT2D eigenvalue weighted by molar-refractivity contribution is -0.249. The zero-order valence-corrected chi connectivity index (χ0v) is 31.4. The van der Waals surface area contributed by atoms with E-state index < -0.39 is 5.91 Å². The zero-order chi connectivity index (χ0) is 35.6. The molecule has 6 rings (SSSR count). The molecule has 0 aromatic heterocycles.